The van der Waals surface area contributed by atoms with Gasteiger partial charge in [0.2, 0.25) is 5.91 Å². The maximum Gasteiger partial charge on any atom is 0.273 e. The molecule has 0 bridgehead atoms. The molecule has 1 aromatic carbocycles. The van der Waals surface area contributed by atoms with Crippen molar-refractivity contribution in [1.29, 1.82) is 0 Å². The average molecular weight is 421 g/mol. The van der Waals surface area contributed by atoms with Crippen molar-refractivity contribution in [3.8, 4) is 0 Å². The van der Waals surface area contributed by atoms with E-state index in [-0.39, 0.29) is 28.9 Å². The van der Waals surface area contributed by atoms with Crippen LogP contribution >= 0.6 is 11.3 Å². The van der Waals surface area contributed by atoms with Crippen LogP contribution in [-0.4, -0.2) is 33.2 Å². The highest BCUT2D eigenvalue weighted by molar-refractivity contribution is 7.94. The first kappa shape index (κ1) is 20.5. The van der Waals surface area contributed by atoms with Crippen molar-refractivity contribution < 1.29 is 18.0 Å². The standard InChI is InChI=1S/C20H24N2O4S2/c1-20(2,3)19(24)21-12-10-14-8-9-18(27-14)28(25,26)22-13-11-17(23)15-6-4-5-7-16(15)22/h4-9H,10-13H2,1-3H3,(H,21,24). The minimum Gasteiger partial charge on any atom is -0.355 e. The van der Waals surface area contributed by atoms with Crippen LogP contribution in [0.5, 0.6) is 0 Å². The monoisotopic (exact) mass is 420 g/mol. The minimum atomic E-state index is -3.73. The van der Waals surface area contributed by atoms with E-state index >= 15 is 0 Å². The molecule has 1 amide bonds. The van der Waals surface area contributed by atoms with Gasteiger partial charge in [-0.2, -0.15) is 0 Å². The predicted octanol–water partition coefficient (Wildman–Crippen LogP) is 3.23. The fraction of sp³-hybridized carbons (Fsp3) is 0.400. The Labute approximate surface area is 169 Å². The summed E-state index contributed by atoms with van der Waals surface area (Å²) >= 11 is 1.20. The summed E-state index contributed by atoms with van der Waals surface area (Å²) < 4.78 is 27.8. The van der Waals surface area contributed by atoms with E-state index in [2.05, 4.69) is 5.32 Å². The highest BCUT2D eigenvalue weighted by atomic mass is 32.2. The summed E-state index contributed by atoms with van der Waals surface area (Å²) in [5.74, 6) is -0.0741. The number of anilines is 1. The van der Waals surface area contributed by atoms with E-state index < -0.39 is 15.4 Å². The van der Waals surface area contributed by atoms with Crippen LogP contribution in [0.4, 0.5) is 5.69 Å². The van der Waals surface area contributed by atoms with Gasteiger partial charge < -0.3 is 5.32 Å². The lowest BCUT2D eigenvalue weighted by molar-refractivity contribution is -0.128. The van der Waals surface area contributed by atoms with Crippen molar-refractivity contribution in [2.75, 3.05) is 17.4 Å². The maximum atomic E-state index is 13.1. The van der Waals surface area contributed by atoms with Gasteiger partial charge in [-0.1, -0.05) is 32.9 Å². The van der Waals surface area contributed by atoms with E-state index in [0.29, 0.717) is 24.2 Å². The summed E-state index contributed by atoms with van der Waals surface area (Å²) in [6.07, 6.45) is 0.740. The number of para-hydroxylation sites is 1. The number of fused-ring (bicyclic) bond motifs is 1. The van der Waals surface area contributed by atoms with E-state index in [9.17, 15) is 18.0 Å². The van der Waals surface area contributed by atoms with Gasteiger partial charge in [0.15, 0.2) is 5.78 Å². The van der Waals surface area contributed by atoms with Gasteiger partial charge in [-0.15, -0.1) is 11.3 Å². The minimum absolute atomic E-state index is 0.0357. The zero-order valence-electron chi connectivity index (χ0n) is 16.2. The number of nitrogens with zero attached hydrogens (tertiary/aromatic N) is 1. The van der Waals surface area contributed by atoms with Gasteiger partial charge in [0, 0.05) is 35.4 Å². The lowest BCUT2D eigenvalue weighted by Gasteiger charge is -2.29. The number of rotatable bonds is 5. The van der Waals surface area contributed by atoms with Crippen molar-refractivity contribution >= 4 is 38.7 Å². The summed E-state index contributed by atoms with van der Waals surface area (Å²) in [6.45, 7) is 6.14. The average Bonchev–Trinajstić information content (AvgIpc) is 3.11. The lowest BCUT2D eigenvalue weighted by atomic mass is 9.96. The summed E-state index contributed by atoms with van der Waals surface area (Å²) in [5, 5.41) is 2.87. The van der Waals surface area contributed by atoms with Gasteiger partial charge in [0.25, 0.3) is 10.0 Å². The number of sulfonamides is 1. The molecule has 1 aromatic heterocycles. The zero-order valence-corrected chi connectivity index (χ0v) is 17.8. The molecule has 0 radical (unpaired) electrons. The zero-order chi connectivity index (χ0) is 20.5. The normalized spacial score (nSPS) is 14.7. The molecule has 8 heteroatoms. The largest absolute Gasteiger partial charge is 0.355 e. The smallest absolute Gasteiger partial charge is 0.273 e. The summed E-state index contributed by atoms with van der Waals surface area (Å²) in [4.78, 5) is 24.9. The highest BCUT2D eigenvalue weighted by Gasteiger charge is 2.33. The second-order valence-electron chi connectivity index (χ2n) is 7.74. The van der Waals surface area contributed by atoms with Gasteiger partial charge >= 0.3 is 0 Å². The van der Waals surface area contributed by atoms with E-state index in [1.54, 1.807) is 36.4 Å². The molecule has 1 aliphatic rings. The Hall–Kier alpha value is -2.19. The van der Waals surface area contributed by atoms with Crippen LogP contribution in [0.2, 0.25) is 0 Å². The first-order valence-corrected chi connectivity index (χ1v) is 11.4. The first-order chi connectivity index (χ1) is 13.1. The Kier molecular flexibility index (Phi) is 5.63. The molecule has 0 saturated heterocycles. The fourth-order valence-electron chi connectivity index (χ4n) is 2.94. The van der Waals surface area contributed by atoms with Crippen LogP contribution in [0, 0.1) is 5.41 Å². The third-order valence-electron chi connectivity index (χ3n) is 4.53. The summed E-state index contributed by atoms with van der Waals surface area (Å²) in [6, 6.07) is 10.2. The number of thiophene rings is 1. The Morgan fingerprint density at radius 2 is 1.89 bits per heavy atom. The lowest BCUT2D eigenvalue weighted by Crippen LogP contribution is -2.37. The van der Waals surface area contributed by atoms with Crippen molar-refractivity contribution in [2.45, 2.75) is 37.8 Å². The number of Topliss-reactive ketones (excluding diaryl/α,β-unsaturated/α-hetero) is 1. The molecule has 1 N–H and O–H groups in total. The number of ketones is 1. The molecular formula is C20H24N2O4S2. The Morgan fingerprint density at radius 3 is 2.61 bits per heavy atom. The van der Waals surface area contributed by atoms with Crippen LogP contribution < -0.4 is 9.62 Å². The number of hydrogen-bond acceptors (Lipinski definition) is 5. The van der Waals surface area contributed by atoms with Gasteiger partial charge in [0.1, 0.15) is 4.21 Å². The van der Waals surface area contributed by atoms with Crippen LogP contribution in [0.25, 0.3) is 0 Å². The molecule has 6 nitrogen and oxygen atoms in total. The van der Waals surface area contributed by atoms with Crippen molar-refractivity contribution in [3.63, 3.8) is 0 Å². The summed E-state index contributed by atoms with van der Waals surface area (Å²) in [5.41, 5.74) is 0.424. The molecule has 0 spiro atoms. The molecule has 2 aromatic rings. The molecule has 0 fully saturated rings. The van der Waals surface area contributed by atoms with Crippen molar-refractivity contribution in [1.82, 2.24) is 5.32 Å². The molecule has 0 atom stereocenters. The third-order valence-corrected chi connectivity index (χ3v) is 7.96. The number of hydrogen-bond donors (Lipinski definition) is 1. The number of carbonyl (C=O) groups is 2. The van der Waals surface area contributed by atoms with E-state index in [0.717, 1.165) is 4.88 Å². The number of carbonyl (C=O) groups excluding carboxylic acids is 2. The molecular weight excluding hydrogens is 396 g/mol. The molecule has 0 unspecified atom stereocenters. The highest BCUT2D eigenvalue weighted by Crippen LogP contribution is 2.34. The van der Waals surface area contributed by atoms with Gasteiger partial charge in [-0.3, -0.25) is 13.9 Å². The van der Waals surface area contributed by atoms with Gasteiger partial charge in [-0.05, 0) is 30.7 Å². The fourth-order valence-corrected chi connectivity index (χ4v) is 5.89. The SMILES string of the molecule is CC(C)(C)C(=O)NCCc1ccc(S(=O)(=O)N2CCC(=O)c3ccccc32)s1. The summed E-state index contributed by atoms with van der Waals surface area (Å²) in [7, 11) is -3.73. The Morgan fingerprint density at radius 1 is 1.18 bits per heavy atom. The van der Waals surface area contributed by atoms with Gasteiger partial charge in [0.05, 0.1) is 5.69 Å². The molecule has 3 rings (SSSR count). The van der Waals surface area contributed by atoms with Crippen LogP contribution in [0.3, 0.4) is 0 Å². The van der Waals surface area contributed by atoms with Crippen LogP contribution in [-0.2, 0) is 21.2 Å². The molecule has 0 saturated carbocycles. The molecule has 2 heterocycles. The molecule has 0 aliphatic carbocycles. The van der Waals surface area contributed by atoms with E-state index in [4.69, 9.17) is 0 Å². The Balaban J connectivity index is 1.75. The van der Waals surface area contributed by atoms with Crippen LogP contribution in [0.15, 0.2) is 40.6 Å². The number of benzene rings is 1. The molecule has 1 aliphatic heterocycles. The quantitative estimate of drug-likeness (QED) is 0.805. The Bertz CT molecular complexity index is 1000. The second kappa shape index (κ2) is 7.67. The maximum absolute atomic E-state index is 13.1. The second-order valence-corrected chi connectivity index (χ2v) is 11.0. The van der Waals surface area contributed by atoms with E-state index in [1.165, 1.54) is 15.6 Å². The van der Waals surface area contributed by atoms with Crippen LogP contribution in [0.1, 0.15) is 42.4 Å². The number of amides is 1. The van der Waals surface area contributed by atoms with E-state index in [1.807, 2.05) is 20.8 Å². The third kappa shape index (κ3) is 4.12. The first-order valence-electron chi connectivity index (χ1n) is 9.13. The molecule has 28 heavy (non-hydrogen) atoms. The number of nitrogens with one attached hydrogen (secondary N) is 1. The van der Waals surface area contributed by atoms with Crippen molar-refractivity contribution in [3.05, 3.63) is 46.8 Å². The van der Waals surface area contributed by atoms with Crippen molar-refractivity contribution in [2.24, 2.45) is 5.41 Å². The molecule has 150 valence electrons. The topological polar surface area (TPSA) is 83.6 Å². The predicted molar refractivity (Wildman–Crippen MR) is 110 cm³/mol. The van der Waals surface area contributed by atoms with Gasteiger partial charge in [-0.25, -0.2) is 8.42 Å².